The summed E-state index contributed by atoms with van der Waals surface area (Å²) in [6, 6.07) is 0. The Kier molecular flexibility index (Phi) is 25.3. The average molecular weight is 868 g/mol. The molecule has 62 heavy (non-hydrogen) atoms. The van der Waals surface area contributed by atoms with Crippen molar-refractivity contribution < 1.29 is 38.2 Å². The van der Waals surface area contributed by atoms with E-state index in [1.165, 1.54) is 93.5 Å². The zero-order valence-electron chi connectivity index (χ0n) is 39.2. The molecule has 2 heterocycles. The normalized spacial score (nSPS) is 11.9. The predicted molar refractivity (Wildman–Crippen MR) is 244 cm³/mol. The van der Waals surface area contributed by atoms with Crippen LogP contribution in [-0.2, 0) is 35.1 Å². The zero-order valence-corrected chi connectivity index (χ0v) is 39.2. The van der Waals surface area contributed by atoms with Crippen molar-refractivity contribution in [1.29, 1.82) is 0 Å². The highest BCUT2D eigenvalue weighted by Gasteiger charge is 2.36. The topological polar surface area (TPSA) is 175 Å². The van der Waals surface area contributed by atoms with Gasteiger partial charge in [-0.05, 0) is 73.6 Å². The van der Waals surface area contributed by atoms with Crippen molar-refractivity contribution in [2.75, 3.05) is 31.6 Å². The SMILES string of the molecule is CCCCCCCCCCCC/C=C/C=C/CCCCCCCCC(=O)NCCN(CC(=O)OC)C(=O)Cn1cnc2c(N(C(=O)OC(C)(C)C)C(=O)OC(C)(C)C)ncnc21. The van der Waals surface area contributed by atoms with E-state index in [0.29, 0.717) is 11.3 Å². The molecule has 0 unspecified atom stereocenters. The number of esters is 1. The van der Waals surface area contributed by atoms with Crippen LogP contribution in [0.1, 0.15) is 170 Å². The van der Waals surface area contributed by atoms with Gasteiger partial charge in [0.2, 0.25) is 11.8 Å². The summed E-state index contributed by atoms with van der Waals surface area (Å²) in [4.78, 5) is 79.6. The Balaban J connectivity index is 1.76. The highest BCUT2D eigenvalue weighted by Crippen LogP contribution is 2.26. The van der Waals surface area contributed by atoms with Gasteiger partial charge in [-0.2, -0.15) is 4.90 Å². The molecule has 348 valence electrons. The molecule has 4 amide bonds. The minimum Gasteiger partial charge on any atom is -0.468 e. The number of carbonyl (C=O) groups is 5. The molecule has 2 aromatic heterocycles. The molecule has 15 heteroatoms. The van der Waals surface area contributed by atoms with E-state index in [-0.39, 0.29) is 49.1 Å². The number of hydrogen-bond acceptors (Lipinski definition) is 11. The van der Waals surface area contributed by atoms with Crippen molar-refractivity contribution >= 4 is 47.0 Å². The second-order valence-corrected chi connectivity index (χ2v) is 17.8. The summed E-state index contributed by atoms with van der Waals surface area (Å²) in [6.45, 7) is 11.7. The van der Waals surface area contributed by atoms with Gasteiger partial charge >= 0.3 is 18.2 Å². The van der Waals surface area contributed by atoms with Crippen LogP contribution in [0.15, 0.2) is 37.0 Å². The third-order valence-electron chi connectivity index (χ3n) is 9.79. The largest absolute Gasteiger partial charge is 0.468 e. The Morgan fingerprint density at radius 3 is 1.74 bits per heavy atom. The number of methoxy groups -OCH3 is 1. The first kappa shape index (κ1) is 53.3. The van der Waals surface area contributed by atoms with Gasteiger partial charge in [0, 0.05) is 19.5 Å². The van der Waals surface area contributed by atoms with Crippen LogP contribution in [-0.4, -0.2) is 92.3 Å². The molecule has 1 N–H and O–H groups in total. The predicted octanol–water partition coefficient (Wildman–Crippen LogP) is 10.2. The van der Waals surface area contributed by atoms with Gasteiger partial charge in [-0.25, -0.2) is 24.5 Å². The molecule has 0 bridgehead atoms. The van der Waals surface area contributed by atoms with E-state index in [4.69, 9.17) is 14.2 Å². The van der Waals surface area contributed by atoms with Crippen molar-refractivity contribution in [1.82, 2.24) is 29.7 Å². The number of carbonyl (C=O) groups excluding carboxylic acids is 5. The second kappa shape index (κ2) is 29.5. The number of ether oxygens (including phenoxy) is 3. The van der Waals surface area contributed by atoms with Gasteiger partial charge in [0.1, 0.15) is 30.6 Å². The fourth-order valence-corrected chi connectivity index (χ4v) is 6.54. The first-order valence-corrected chi connectivity index (χ1v) is 22.9. The molecule has 0 spiro atoms. The van der Waals surface area contributed by atoms with Crippen LogP contribution in [0.3, 0.4) is 0 Å². The Morgan fingerprint density at radius 2 is 1.23 bits per heavy atom. The molecule has 0 aliphatic heterocycles. The summed E-state index contributed by atoms with van der Waals surface area (Å²) in [7, 11) is 1.23. The number of aromatic nitrogens is 4. The van der Waals surface area contributed by atoms with Gasteiger partial charge in [0.25, 0.3) is 0 Å². The number of fused-ring (bicyclic) bond motifs is 1. The smallest absolute Gasteiger partial charge is 0.425 e. The number of hydrogen-bond donors (Lipinski definition) is 1. The van der Waals surface area contributed by atoms with Crippen LogP contribution in [0.5, 0.6) is 0 Å². The number of nitrogens with zero attached hydrogens (tertiary/aromatic N) is 6. The second-order valence-electron chi connectivity index (χ2n) is 17.8. The highest BCUT2D eigenvalue weighted by atomic mass is 16.6. The van der Waals surface area contributed by atoms with Gasteiger partial charge in [-0.15, -0.1) is 0 Å². The van der Waals surface area contributed by atoms with Gasteiger partial charge < -0.3 is 29.0 Å². The first-order chi connectivity index (χ1) is 29.6. The summed E-state index contributed by atoms with van der Waals surface area (Å²) >= 11 is 0. The van der Waals surface area contributed by atoms with E-state index >= 15 is 0 Å². The summed E-state index contributed by atoms with van der Waals surface area (Å²) in [5, 5.41) is 2.85. The van der Waals surface area contributed by atoms with E-state index in [2.05, 4.69) is 51.5 Å². The lowest BCUT2D eigenvalue weighted by atomic mass is 10.1. The van der Waals surface area contributed by atoms with Crippen LogP contribution < -0.4 is 10.2 Å². The minimum atomic E-state index is -1.03. The summed E-state index contributed by atoms with van der Waals surface area (Å²) in [5.74, 6) is -1.42. The molecule has 0 aromatic carbocycles. The first-order valence-electron chi connectivity index (χ1n) is 22.9. The molecule has 2 rings (SSSR count). The fourth-order valence-electron chi connectivity index (χ4n) is 6.54. The molecule has 0 saturated heterocycles. The number of unbranched alkanes of at least 4 members (excludes halogenated alkanes) is 16. The minimum absolute atomic E-state index is 0.0361. The summed E-state index contributed by atoms with van der Waals surface area (Å²) < 4.78 is 17.2. The molecular weight excluding hydrogens is 791 g/mol. The molecule has 2 aromatic rings. The van der Waals surface area contributed by atoms with Crippen LogP contribution in [0.25, 0.3) is 11.2 Å². The maximum absolute atomic E-state index is 13.6. The number of amides is 4. The van der Waals surface area contributed by atoms with Gasteiger partial charge in [-0.3, -0.25) is 14.4 Å². The number of rotatable bonds is 29. The number of nitrogens with one attached hydrogen (secondary N) is 1. The fraction of sp³-hybridized carbons (Fsp3) is 0.702. The lowest BCUT2D eigenvalue weighted by Crippen LogP contribution is -2.44. The molecule has 15 nitrogen and oxygen atoms in total. The zero-order chi connectivity index (χ0) is 45.8. The molecular formula is C47H77N7O8. The molecule has 0 aliphatic rings. The highest BCUT2D eigenvalue weighted by molar-refractivity contribution is 6.12. The quantitative estimate of drug-likeness (QED) is 0.0356. The lowest BCUT2D eigenvalue weighted by Gasteiger charge is -2.28. The Bertz CT molecular complexity index is 1680. The Morgan fingerprint density at radius 1 is 0.710 bits per heavy atom. The van der Waals surface area contributed by atoms with Gasteiger partial charge in [0.05, 0.1) is 13.4 Å². The molecule has 0 aliphatic carbocycles. The van der Waals surface area contributed by atoms with Gasteiger partial charge in [0.15, 0.2) is 17.0 Å². The molecule has 0 radical (unpaired) electrons. The molecule has 0 atom stereocenters. The lowest BCUT2D eigenvalue weighted by molar-refractivity contribution is -0.147. The van der Waals surface area contributed by atoms with E-state index in [9.17, 15) is 24.0 Å². The Hall–Kier alpha value is -4.82. The average Bonchev–Trinajstić information content (AvgIpc) is 3.61. The number of allylic oxidation sites excluding steroid dienone is 4. The molecule has 0 saturated carbocycles. The van der Waals surface area contributed by atoms with Crippen LogP contribution in [0.2, 0.25) is 0 Å². The summed E-state index contributed by atoms with van der Waals surface area (Å²) in [6.07, 6.45) is 31.9. The standard InChI is InChI=1S/C47H77N7O8/c1-9-10-11-12-13-14-15-16-17-18-19-20-21-22-23-24-25-26-27-28-29-30-31-38(55)48-32-33-52(35-40(57)60-8)39(56)34-53-37-51-41-42(53)49-36-50-43(41)54(44(58)61-46(2,3)4)45(59)62-47(5,6)7/h20-23,36-37H,9-19,24-35H2,1-8H3,(H,48,55)/b21-20+,23-22+. The van der Waals surface area contributed by atoms with Crippen molar-refractivity contribution in [2.45, 2.75) is 188 Å². The van der Waals surface area contributed by atoms with Crippen molar-refractivity contribution in [3.8, 4) is 0 Å². The van der Waals surface area contributed by atoms with Gasteiger partial charge in [-0.1, -0.05) is 115 Å². The van der Waals surface area contributed by atoms with E-state index in [1.807, 2.05) is 0 Å². The van der Waals surface area contributed by atoms with E-state index in [0.717, 1.165) is 51.3 Å². The van der Waals surface area contributed by atoms with Crippen molar-refractivity contribution in [3.63, 3.8) is 0 Å². The van der Waals surface area contributed by atoms with E-state index in [1.54, 1.807) is 41.5 Å². The molecule has 0 fully saturated rings. The van der Waals surface area contributed by atoms with E-state index < -0.39 is 35.3 Å². The maximum Gasteiger partial charge on any atom is 0.425 e. The Labute approximate surface area is 370 Å². The maximum atomic E-state index is 13.6. The monoisotopic (exact) mass is 868 g/mol. The third-order valence-corrected chi connectivity index (χ3v) is 9.79. The van der Waals surface area contributed by atoms with Crippen molar-refractivity contribution in [2.24, 2.45) is 0 Å². The van der Waals surface area contributed by atoms with Crippen LogP contribution >= 0.6 is 0 Å². The van der Waals surface area contributed by atoms with Crippen LogP contribution in [0, 0.1) is 0 Å². The number of imide groups is 1. The number of anilines is 1. The van der Waals surface area contributed by atoms with Crippen LogP contribution in [0.4, 0.5) is 15.4 Å². The number of imidazole rings is 1. The summed E-state index contributed by atoms with van der Waals surface area (Å²) in [5.41, 5.74) is -1.71. The third kappa shape index (κ3) is 22.9. The van der Waals surface area contributed by atoms with Crippen molar-refractivity contribution in [3.05, 3.63) is 37.0 Å².